The van der Waals surface area contributed by atoms with Crippen molar-refractivity contribution in [3.8, 4) is 0 Å². The number of hydrogen-bond donors (Lipinski definition) is 0. The van der Waals surface area contributed by atoms with Gasteiger partial charge in [-0.3, -0.25) is 9.59 Å². The Labute approximate surface area is 177 Å². The van der Waals surface area contributed by atoms with Gasteiger partial charge in [-0.15, -0.1) is 0 Å². The fraction of sp³-hybridized carbons (Fsp3) is 0.565. The Morgan fingerprint density at radius 3 is 2.73 bits per heavy atom. The average molecular weight is 411 g/mol. The number of amides is 2. The molecule has 1 unspecified atom stereocenters. The summed E-state index contributed by atoms with van der Waals surface area (Å²) in [6, 6.07) is 9.12. The third-order valence-electron chi connectivity index (χ3n) is 5.89. The summed E-state index contributed by atoms with van der Waals surface area (Å²) in [6.45, 7) is 4.47. The number of benzene rings is 1. The van der Waals surface area contributed by atoms with E-state index in [1.807, 2.05) is 40.1 Å². The van der Waals surface area contributed by atoms with Gasteiger partial charge in [0.1, 0.15) is 0 Å². The first kappa shape index (κ1) is 20.6. The molecule has 30 heavy (non-hydrogen) atoms. The van der Waals surface area contributed by atoms with Crippen LogP contribution in [0.5, 0.6) is 0 Å². The van der Waals surface area contributed by atoms with Crippen LogP contribution in [0, 0.1) is 5.92 Å². The van der Waals surface area contributed by atoms with E-state index in [0.717, 1.165) is 32.4 Å². The average Bonchev–Trinajstić information content (AvgIpc) is 3.26. The largest absolute Gasteiger partial charge is 0.342 e. The lowest BCUT2D eigenvalue weighted by Gasteiger charge is -2.22. The van der Waals surface area contributed by atoms with Gasteiger partial charge in [0.2, 0.25) is 11.8 Å². The van der Waals surface area contributed by atoms with Crippen LogP contribution in [0.25, 0.3) is 0 Å². The summed E-state index contributed by atoms with van der Waals surface area (Å²) in [5.41, 5.74) is 0.672. The second-order valence-electron chi connectivity index (χ2n) is 8.35. The summed E-state index contributed by atoms with van der Waals surface area (Å²) in [5.74, 6) is 1.86. The Morgan fingerprint density at radius 1 is 1.20 bits per heavy atom. The summed E-state index contributed by atoms with van der Waals surface area (Å²) in [7, 11) is 0. The van der Waals surface area contributed by atoms with E-state index in [0.29, 0.717) is 42.6 Å². The molecule has 1 aromatic carbocycles. The molecule has 0 radical (unpaired) electrons. The topological polar surface area (TPSA) is 79.5 Å². The van der Waals surface area contributed by atoms with Crippen molar-refractivity contribution in [1.29, 1.82) is 0 Å². The molecule has 2 amide bonds. The Balaban J connectivity index is 1.36. The first-order valence-corrected chi connectivity index (χ1v) is 11.1. The second kappa shape index (κ2) is 9.41. The van der Waals surface area contributed by atoms with E-state index in [9.17, 15) is 9.59 Å². The summed E-state index contributed by atoms with van der Waals surface area (Å²) in [5, 5.41) is 4.14. The molecule has 0 spiro atoms. The lowest BCUT2D eigenvalue weighted by molar-refractivity contribution is -0.131. The fourth-order valence-corrected chi connectivity index (χ4v) is 4.10. The van der Waals surface area contributed by atoms with Crippen molar-refractivity contribution in [1.82, 2.24) is 19.9 Å². The van der Waals surface area contributed by atoms with Crippen molar-refractivity contribution in [3.63, 3.8) is 0 Å². The van der Waals surface area contributed by atoms with Gasteiger partial charge < -0.3 is 14.3 Å². The smallest absolute Gasteiger partial charge is 0.254 e. The maximum absolute atomic E-state index is 12.9. The first-order valence-electron chi connectivity index (χ1n) is 11.1. The minimum Gasteiger partial charge on any atom is -0.342 e. The lowest BCUT2D eigenvalue weighted by Crippen LogP contribution is -2.33. The Hall–Kier alpha value is -2.70. The van der Waals surface area contributed by atoms with E-state index in [-0.39, 0.29) is 17.9 Å². The number of hydrogen-bond acceptors (Lipinski definition) is 5. The lowest BCUT2D eigenvalue weighted by atomic mass is 10.1. The molecule has 2 heterocycles. The number of aromatic nitrogens is 2. The van der Waals surface area contributed by atoms with E-state index in [2.05, 4.69) is 17.1 Å². The van der Waals surface area contributed by atoms with E-state index in [1.54, 1.807) is 0 Å². The summed E-state index contributed by atoms with van der Waals surface area (Å²) >= 11 is 0. The predicted molar refractivity (Wildman–Crippen MR) is 112 cm³/mol. The third-order valence-corrected chi connectivity index (χ3v) is 5.89. The van der Waals surface area contributed by atoms with Gasteiger partial charge in [0.05, 0.1) is 6.04 Å². The molecule has 1 aliphatic heterocycles. The van der Waals surface area contributed by atoms with Gasteiger partial charge >= 0.3 is 0 Å². The zero-order chi connectivity index (χ0) is 20.9. The molecular weight excluding hydrogens is 380 g/mol. The molecule has 2 aliphatic rings. The minimum absolute atomic E-state index is 0.00471. The monoisotopic (exact) mass is 410 g/mol. The number of aryl methyl sites for hydroxylation is 1. The zero-order valence-corrected chi connectivity index (χ0v) is 17.6. The zero-order valence-electron chi connectivity index (χ0n) is 17.6. The first-order chi connectivity index (χ1) is 14.7. The highest BCUT2D eigenvalue weighted by Crippen LogP contribution is 2.32. The molecule has 7 heteroatoms. The quantitative estimate of drug-likeness (QED) is 0.631. The van der Waals surface area contributed by atoms with Crippen molar-refractivity contribution in [2.75, 3.05) is 19.6 Å². The van der Waals surface area contributed by atoms with Crippen molar-refractivity contribution in [2.45, 2.75) is 57.9 Å². The van der Waals surface area contributed by atoms with Gasteiger partial charge in [-0.2, -0.15) is 4.98 Å². The number of nitrogens with zero attached hydrogens (tertiary/aromatic N) is 4. The second-order valence-corrected chi connectivity index (χ2v) is 8.35. The fourth-order valence-electron chi connectivity index (χ4n) is 4.10. The van der Waals surface area contributed by atoms with Crippen LogP contribution in [-0.4, -0.2) is 51.4 Å². The highest BCUT2D eigenvalue weighted by molar-refractivity contribution is 5.94. The van der Waals surface area contributed by atoms with E-state index >= 15 is 0 Å². The van der Waals surface area contributed by atoms with Crippen molar-refractivity contribution < 1.29 is 14.1 Å². The van der Waals surface area contributed by atoms with Gasteiger partial charge in [-0.25, -0.2) is 0 Å². The molecule has 2 fully saturated rings. The third kappa shape index (κ3) is 4.89. The highest BCUT2D eigenvalue weighted by atomic mass is 16.5. The standard InChI is InChI=1S/C23H30N4O3/c1-2-14-26(16-17-10-11-17)21(28)13-12-20-24-22(25-30-20)19-9-6-15-27(19)23(29)18-7-4-3-5-8-18/h3-5,7-8,17,19H,2,6,9-16H2,1H3. The number of carbonyl (C=O) groups is 2. The molecule has 1 aliphatic carbocycles. The summed E-state index contributed by atoms with van der Waals surface area (Å²) in [4.78, 5) is 33.8. The molecular formula is C23H30N4O3. The maximum Gasteiger partial charge on any atom is 0.254 e. The van der Waals surface area contributed by atoms with Crippen LogP contribution in [0.2, 0.25) is 0 Å². The molecule has 1 saturated carbocycles. The Morgan fingerprint density at radius 2 is 2.00 bits per heavy atom. The molecule has 0 bridgehead atoms. The normalized spacial score (nSPS) is 18.6. The molecule has 7 nitrogen and oxygen atoms in total. The van der Waals surface area contributed by atoms with Crippen LogP contribution in [0.15, 0.2) is 34.9 Å². The van der Waals surface area contributed by atoms with Crippen LogP contribution in [-0.2, 0) is 11.2 Å². The van der Waals surface area contributed by atoms with E-state index in [4.69, 9.17) is 4.52 Å². The van der Waals surface area contributed by atoms with Crippen LogP contribution < -0.4 is 0 Å². The maximum atomic E-state index is 12.9. The highest BCUT2D eigenvalue weighted by Gasteiger charge is 2.34. The van der Waals surface area contributed by atoms with Gasteiger partial charge in [-0.05, 0) is 50.2 Å². The molecule has 1 aromatic heterocycles. The number of carbonyl (C=O) groups excluding carboxylic acids is 2. The van der Waals surface area contributed by atoms with Crippen LogP contribution in [0.4, 0.5) is 0 Å². The van der Waals surface area contributed by atoms with Crippen molar-refractivity contribution in [2.24, 2.45) is 5.92 Å². The Kier molecular flexibility index (Phi) is 6.45. The predicted octanol–water partition coefficient (Wildman–Crippen LogP) is 3.63. The van der Waals surface area contributed by atoms with E-state index < -0.39 is 0 Å². The number of likely N-dealkylation sites (tertiary alicyclic amines) is 1. The summed E-state index contributed by atoms with van der Waals surface area (Å²) < 4.78 is 5.42. The molecule has 2 aromatic rings. The van der Waals surface area contributed by atoms with Crippen LogP contribution in [0.1, 0.15) is 73.6 Å². The molecule has 160 valence electrons. The summed E-state index contributed by atoms with van der Waals surface area (Å²) in [6.07, 6.45) is 6.00. The van der Waals surface area contributed by atoms with Crippen molar-refractivity contribution in [3.05, 3.63) is 47.6 Å². The van der Waals surface area contributed by atoms with E-state index in [1.165, 1.54) is 12.8 Å². The minimum atomic E-state index is -0.169. The molecule has 1 saturated heterocycles. The molecule has 4 rings (SSSR count). The SMILES string of the molecule is CCCN(CC1CC1)C(=O)CCc1nc(C2CCCN2C(=O)c2ccccc2)no1. The molecule has 1 atom stereocenters. The Bertz CT molecular complexity index is 862. The van der Waals surface area contributed by atoms with Crippen molar-refractivity contribution >= 4 is 11.8 Å². The van der Waals surface area contributed by atoms with Crippen LogP contribution >= 0.6 is 0 Å². The van der Waals surface area contributed by atoms with Gasteiger partial charge in [0.15, 0.2) is 5.82 Å². The van der Waals surface area contributed by atoms with Gasteiger partial charge in [0.25, 0.3) is 5.91 Å². The number of rotatable bonds is 9. The van der Waals surface area contributed by atoms with Gasteiger partial charge in [-0.1, -0.05) is 30.3 Å². The van der Waals surface area contributed by atoms with Crippen LogP contribution in [0.3, 0.4) is 0 Å². The molecule has 0 N–H and O–H groups in total. The van der Waals surface area contributed by atoms with Gasteiger partial charge in [0, 0.05) is 38.0 Å².